The minimum absolute atomic E-state index is 0.0450. The van der Waals surface area contributed by atoms with Gasteiger partial charge in [0.2, 0.25) is 10.0 Å². The maximum atomic E-state index is 13.6. The number of halogens is 3. The van der Waals surface area contributed by atoms with Crippen LogP contribution in [0.3, 0.4) is 0 Å². The third-order valence-electron chi connectivity index (χ3n) is 6.44. The first-order chi connectivity index (χ1) is 16.5. The van der Waals surface area contributed by atoms with E-state index in [2.05, 4.69) is 4.74 Å². The molecule has 2 atom stereocenters. The summed E-state index contributed by atoms with van der Waals surface area (Å²) >= 11 is 1.50. The summed E-state index contributed by atoms with van der Waals surface area (Å²) in [5, 5.41) is 9.35. The molecule has 2 aromatic rings. The Morgan fingerprint density at radius 2 is 1.77 bits per heavy atom. The van der Waals surface area contributed by atoms with Crippen molar-refractivity contribution in [1.29, 1.82) is 0 Å². The molecule has 2 heterocycles. The molecule has 1 fully saturated rings. The standard InChI is InChI=1S/C24H29F3N2O4S2/c1-17-21-4-2-3-5-22(21)34-23(17)29(16-18-6-8-20(9-7-18)33-24(25,26)27)35(31,32)15-14-28-12-10-19(30)11-13-28/h2-9,17,19,23,30H,10-16H2,1H3. The molecule has 192 valence electrons. The number of aliphatic hydroxyl groups is 1. The number of benzene rings is 2. The lowest BCUT2D eigenvalue weighted by atomic mass is 10.0. The second kappa shape index (κ2) is 10.7. The van der Waals surface area contributed by atoms with Crippen LogP contribution in [0.2, 0.25) is 0 Å². The van der Waals surface area contributed by atoms with Crippen molar-refractivity contribution in [2.45, 2.75) is 55.0 Å². The highest BCUT2D eigenvalue weighted by molar-refractivity contribution is 8.01. The molecule has 35 heavy (non-hydrogen) atoms. The fourth-order valence-corrected chi connectivity index (χ4v) is 7.93. The molecular formula is C24H29F3N2O4S2. The molecule has 2 unspecified atom stereocenters. The predicted molar refractivity (Wildman–Crippen MR) is 129 cm³/mol. The van der Waals surface area contributed by atoms with Crippen LogP contribution in [-0.2, 0) is 16.6 Å². The van der Waals surface area contributed by atoms with Crippen LogP contribution in [0.25, 0.3) is 0 Å². The van der Waals surface area contributed by atoms with Gasteiger partial charge in [-0.25, -0.2) is 8.42 Å². The first-order valence-electron chi connectivity index (χ1n) is 11.5. The molecule has 2 aliphatic rings. The molecular weight excluding hydrogens is 501 g/mol. The maximum Gasteiger partial charge on any atom is 0.573 e. The van der Waals surface area contributed by atoms with E-state index < -0.39 is 16.4 Å². The Hall–Kier alpha value is -1.79. The lowest BCUT2D eigenvalue weighted by molar-refractivity contribution is -0.274. The van der Waals surface area contributed by atoms with E-state index in [1.165, 1.54) is 40.3 Å². The first-order valence-corrected chi connectivity index (χ1v) is 14.0. The van der Waals surface area contributed by atoms with Gasteiger partial charge in [-0.1, -0.05) is 37.3 Å². The molecule has 2 aromatic carbocycles. The van der Waals surface area contributed by atoms with Gasteiger partial charge in [0.05, 0.1) is 17.2 Å². The van der Waals surface area contributed by atoms with Crippen LogP contribution in [-0.4, -0.2) is 66.0 Å². The lowest BCUT2D eigenvalue weighted by Crippen LogP contribution is -2.44. The average Bonchev–Trinajstić information content (AvgIpc) is 3.13. The quantitative estimate of drug-likeness (QED) is 0.545. The molecule has 2 aliphatic heterocycles. The predicted octanol–water partition coefficient (Wildman–Crippen LogP) is 4.41. The summed E-state index contributed by atoms with van der Waals surface area (Å²) in [6, 6.07) is 13.2. The Morgan fingerprint density at radius 3 is 2.40 bits per heavy atom. The Bertz CT molecular complexity index is 1100. The number of nitrogens with zero attached hydrogens (tertiary/aromatic N) is 2. The number of fused-ring (bicyclic) bond motifs is 1. The van der Waals surface area contributed by atoms with Crippen LogP contribution in [0.1, 0.15) is 36.8 Å². The second-order valence-electron chi connectivity index (χ2n) is 8.96. The van der Waals surface area contributed by atoms with Crippen molar-refractivity contribution in [1.82, 2.24) is 9.21 Å². The number of piperidine rings is 1. The van der Waals surface area contributed by atoms with Gasteiger partial charge in [0.25, 0.3) is 0 Å². The minimum Gasteiger partial charge on any atom is -0.406 e. The van der Waals surface area contributed by atoms with Gasteiger partial charge in [-0.15, -0.1) is 24.9 Å². The van der Waals surface area contributed by atoms with E-state index in [-0.39, 0.29) is 35.4 Å². The van der Waals surface area contributed by atoms with Crippen LogP contribution in [0, 0.1) is 0 Å². The van der Waals surface area contributed by atoms with Crippen molar-refractivity contribution in [3.05, 3.63) is 59.7 Å². The fourth-order valence-electron chi connectivity index (χ4n) is 4.49. The van der Waals surface area contributed by atoms with Gasteiger partial charge < -0.3 is 14.7 Å². The van der Waals surface area contributed by atoms with E-state index in [1.54, 1.807) is 0 Å². The van der Waals surface area contributed by atoms with Crippen molar-refractivity contribution >= 4 is 21.8 Å². The molecule has 6 nitrogen and oxygen atoms in total. The average molecular weight is 531 g/mol. The molecule has 0 radical (unpaired) electrons. The number of aliphatic hydroxyl groups excluding tert-OH is 1. The molecule has 4 rings (SSSR count). The summed E-state index contributed by atoms with van der Waals surface area (Å²) in [6.45, 7) is 3.71. The summed E-state index contributed by atoms with van der Waals surface area (Å²) < 4.78 is 70.3. The number of ether oxygens (including phenoxy) is 1. The van der Waals surface area contributed by atoms with Crippen molar-refractivity contribution in [3.63, 3.8) is 0 Å². The molecule has 0 spiro atoms. The van der Waals surface area contributed by atoms with Crippen molar-refractivity contribution in [2.75, 3.05) is 25.4 Å². The minimum atomic E-state index is -4.79. The van der Waals surface area contributed by atoms with Gasteiger partial charge in [0.1, 0.15) is 5.75 Å². The van der Waals surface area contributed by atoms with Gasteiger partial charge in [0, 0.05) is 37.0 Å². The van der Waals surface area contributed by atoms with Crippen LogP contribution in [0.15, 0.2) is 53.4 Å². The topological polar surface area (TPSA) is 70.1 Å². The SMILES string of the molecule is CC1c2ccccc2SC1N(Cc1ccc(OC(F)(F)F)cc1)S(=O)(=O)CCN1CCC(O)CC1. The van der Waals surface area contributed by atoms with Gasteiger partial charge in [0.15, 0.2) is 0 Å². The number of sulfonamides is 1. The van der Waals surface area contributed by atoms with Crippen LogP contribution in [0.5, 0.6) is 5.75 Å². The molecule has 1 saturated heterocycles. The Kier molecular flexibility index (Phi) is 8.02. The molecule has 1 N–H and O–H groups in total. The van der Waals surface area contributed by atoms with E-state index in [0.29, 0.717) is 38.0 Å². The summed E-state index contributed by atoms with van der Waals surface area (Å²) in [5.41, 5.74) is 1.66. The number of likely N-dealkylation sites (tertiary alicyclic amines) is 1. The number of thioether (sulfide) groups is 1. The third-order valence-corrected chi connectivity index (χ3v) is 9.88. The summed E-state index contributed by atoms with van der Waals surface area (Å²) in [4.78, 5) is 3.08. The van der Waals surface area contributed by atoms with E-state index in [9.17, 15) is 26.7 Å². The van der Waals surface area contributed by atoms with Crippen molar-refractivity contribution in [3.8, 4) is 5.75 Å². The lowest BCUT2D eigenvalue weighted by Gasteiger charge is -2.33. The van der Waals surface area contributed by atoms with Crippen molar-refractivity contribution in [2.24, 2.45) is 0 Å². The van der Waals surface area contributed by atoms with Gasteiger partial charge in [-0.2, -0.15) is 4.31 Å². The zero-order valence-corrected chi connectivity index (χ0v) is 21.0. The normalized spacial score (nSPS) is 21.9. The molecule has 0 bridgehead atoms. The number of hydrogen-bond acceptors (Lipinski definition) is 6. The van der Waals surface area contributed by atoms with Gasteiger partial charge in [-0.3, -0.25) is 0 Å². The van der Waals surface area contributed by atoms with Gasteiger partial charge in [-0.05, 0) is 42.2 Å². The van der Waals surface area contributed by atoms with E-state index in [0.717, 1.165) is 10.5 Å². The Balaban J connectivity index is 1.54. The number of rotatable bonds is 8. The zero-order valence-electron chi connectivity index (χ0n) is 19.3. The van der Waals surface area contributed by atoms with Crippen LogP contribution < -0.4 is 4.74 Å². The Labute approximate surface area is 208 Å². The van der Waals surface area contributed by atoms with Crippen LogP contribution >= 0.6 is 11.8 Å². The monoisotopic (exact) mass is 530 g/mol. The highest BCUT2D eigenvalue weighted by Gasteiger charge is 2.40. The zero-order chi connectivity index (χ0) is 25.2. The fraction of sp³-hybridized carbons (Fsp3) is 0.500. The molecule has 11 heteroatoms. The first kappa shape index (κ1) is 26.3. The molecule has 0 aliphatic carbocycles. The highest BCUT2D eigenvalue weighted by atomic mass is 32.2. The third kappa shape index (κ3) is 6.71. The second-order valence-corrected chi connectivity index (χ2v) is 12.2. The van der Waals surface area contributed by atoms with Crippen molar-refractivity contribution < 1.29 is 31.4 Å². The Morgan fingerprint density at radius 1 is 1.11 bits per heavy atom. The number of alkyl halides is 3. The number of hydrogen-bond donors (Lipinski definition) is 1. The van der Waals surface area contributed by atoms with E-state index in [4.69, 9.17) is 0 Å². The summed E-state index contributed by atoms with van der Waals surface area (Å²) in [5.74, 6) is -0.471. The van der Waals surface area contributed by atoms with E-state index >= 15 is 0 Å². The maximum absolute atomic E-state index is 13.6. The summed E-state index contributed by atoms with van der Waals surface area (Å²) in [7, 11) is -3.71. The highest BCUT2D eigenvalue weighted by Crippen LogP contribution is 2.47. The largest absolute Gasteiger partial charge is 0.573 e. The van der Waals surface area contributed by atoms with Crippen LogP contribution in [0.4, 0.5) is 13.2 Å². The molecule has 0 amide bonds. The summed E-state index contributed by atoms with van der Waals surface area (Å²) in [6.07, 6.45) is -3.87. The smallest absolute Gasteiger partial charge is 0.406 e. The van der Waals surface area contributed by atoms with E-state index in [1.807, 2.05) is 36.1 Å². The molecule has 0 saturated carbocycles. The van der Waals surface area contributed by atoms with Gasteiger partial charge >= 0.3 is 6.36 Å². The molecule has 0 aromatic heterocycles.